The van der Waals surface area contributed by atoms with Gasteiger partial charge in [-0.25, -0.2) is 8.42 Å². The monoisotopic (exact) mass is 325 g/mol. The molecule has 0 saturated heterocycles. The molecule has 3 unspecified atom stereocenters. The van der Waals surface area contributed by atoms with Crippen LogP contribution in [-0.4, -0.2) is 39.2 Å². The van der Waals surface area contributed by atoms with E-state index in [9.17, 15) is 8.42 Å². The Kier molecular flexibility index (Phi) is 5.30. The van der Waals surface area contributed by atoms with Crippen molar-refractivity contribution in [2.45, 2.75) is 38.4 Å². The lowest BCUT2D eigenvalue weighted by Gasteiger charge is -2.15. The van der Waals surface area contributed by atoms with Crippen molar-refractivity contribution in [3.63, 3.8) is 0 Å². The predicted molar refractivity (Wildman–Crippen MR) is 89.8 cm³/mol. The van der Waals surface area contributed by atoms with Crippen LogP contribution in [0.25, 0.3) is 0 Å². The van der Waals surface area contributed by atoms with E-state index in [4.69, 9.17) is 10.5 Å². The molecule has 1 aliphatic rings. The largest absolute Gasteiger partial charge is 0.381 e. The molecule has 1 saturated carbocycles. The van der Waals surface area contributed by atoms with Crippen LogP contribution >= 0.6 is 0 Å². The quantitative estimate of drug-likeness (QED) is 0.795. The summed E-state index contributed by atoms with van der Waals surface area (Å²) in [5.74, 6) is 0.0923. The van der Waals surface area contributed by atoms with E-state index in [1.165, 1.54) is 5.56 Å². The molecule has 0 spiro atoms. The molecule has 0 radical (unpaired) electrons. The number of hydrogen-bond acceptors (Lipinski definition) is 4. The van der Waals surface area contributed by atoms with Gasteiger partial charge >= 0.3 is 0 Å². The maximum Gasteiger partial charge on any atom is 0.154 e. The Morgan fingerprint density at radius 3 is 2.27 bits per heavy atom. The number of aryl methyl sites for hydroxylation is 1. The van der Waals surface area contributed by atoms with Crippen molar-refractivity contribution in [1.29, 1.82) is 0 Å². The Hall–Kier alpha value is -0.910. The van der Waals surface area contributed by atoms with Crippen LogP contribution in [0.2, 0.25) is 0 Å². The first-order valence-electron chi connectivity index (χ1n) is 8.05. The smallest absolute Gasteiger partial charge is 0.154 e. The van der Waals surface area contributed by atoms with Crippen LogP contribution in [0.15, 0.2) is 24.3 Å². The van der Waals surface area contributed by atoms with Crippen LogP contribution < -0.4 is 5.73 Å². The average Bonchev–Trinajstić information content (AvgIpc) is 3.23. The number of benzene rings is 1. The Labute approximate surface area is 134 Å². The Morgan fingerprint density at radius 2 is 1.82 bits per heavy atom. The lowest BCUT2D eigenvalue weighted by Crippen LogP contribution is -2.29. The summed E-state index contributed by atoms with van der Waals surface area (Å²) in [7, 11) is -3.15. The summed E-state index contributed by atoms with van der Waals surface area (Å²) in [6.07, 6.45) is 0.975. The molecule has 4 nitrogen and oxygen atoms in total. The van der Waals surface area contributed by atoms with Crippen LogP contribution in [0.4, 0.5) is 0 Å². The minimum absolute atomic E-state index is 0.0556. The van der Waals surface area contributed by atoms with E-state index in [0.29, 0.717) is 19.8 Å². The fourth-order valence-corrected chi connectivity index (χ4v) is 5.58. The molecule has 1 aliphatic carbocycles. The topological polar surface area (TPSA) is 69.4 Å². The maximum atomic E-state index is 12.5. The molecule has 0 amide bonds. The number of hydrogen-bond donors (Lipinski definition) is 1. The molecule has 0 heterocycles. The van der Waals surface area contributed by atoms with Gasteiger partial charge in [-0.3, -0.25) is 0 Å². The Balaban J connectivity index is 2.37. The molecule has 1 fully saturated rings. The summed E-state index contributed by atoms with van der Waals surface area (Å²) in [5.41, 5.74) is 7.83. The minimum atomic E-state index is -3.15. The number of nitrogens with two attached hydrogens (primary N) is 1. The van der Waals surface area contributed by atoms with Gasteiger partial charge in [-0.15, -0.1) is 0 Å². The van der Waals surface area contributed by atoms with Crippen molar-refractivity contribution < 1.29 is 13.2 Å². The third-order valence-electron chi connectivity index (χ3n) is 4.87. The van der Waals surface area contributed by atoms with Crippen LogP contribution in [0.3, 0.4) is 0 Å². The number of sulfone groups is 1. The predicted octanol–water partition coefficient (Wildman–Crippen LogP) is 2.13. The van der Waals surface area contributed by atoms with Gasteiger partial charge in [0, 0.05) is 30.2 Å². The molecule has 0 aromatic heterocycles. The lowest BCUT2D eigenvalue weighted by atomic mass is 9.99. The summed E-state index contributed by atoms with van der Waals surface area (Å²) >= 11 is 0. The second-order valence-electron chi connectivity index (χ2n) is 6.02. The molecule has 0 aliphatic heterocycles. The van der Waals surface area contributed by atoms with Crippen molar-refractivity contribution >= 4 is 9.84 Å². The van der Waals surface area contributed by atoms with E-state index in [2.05, 4.69) is 19.1 Å². The summed E-state index contributed by atoms with van der Waals surface area (Å²) in [4.78, 5) is 0. The first kappa shape index (κ1) is 17.4. The maximum absolute atomic E-state index is 12.5. The molecule has 1 aromatic carbocycles. The van der Waals surface area contributed by atoms with Crippen molar-refractivity contribution in [3.05, 3.63) is 35.4 Å². The second-order valence-corrected chi connectivity index (χ2v) is 8.43. The summed E-state index contributed by atoms with van der Waals surface area (Å²) in [6, 6.07) is 8.24. The first-order valence-corrected chi connectivity index (χ1v) is 9.76. The zero-order valence-corrected chi connectivity index (χ0v) is 14.5. The van der Waals surface area contributed by atoms with Crippen LogP contribution in [-0.2, 0) is 21.0 Å². The highest BCUT2D eigenvalue weighted by Gasteiger charge is 2.69. The van der Waals surface area contributed by atoms with E-state index in [1.54, 1.807) is 6.92 Å². The van der Waals surface area contributed by atoms with Gasteiger partial charge in [0.25, 0.3) is 0 Å². The third-order valence-corrected chi connectivity index (χ3v) is 7.19. The van der Waals surface area contributed by atoms with Gasteiger partial charge in [-0.2, -0.15) is 0 Å². The van der Waals surface area contributed by atoms with Crippen molar-refractivity contribution in [1.82, 2.24) is 0 Å². The van der Waals surface area contributed by atoms with Crippen molar-refractivity contribution in [2.75, 3.05) is 25.5 Å². The van der Waals surface area contributed by atoms with E-state index in [-0.39, 0.29) is 11.7 Å². The molecule has 5 heteroatoms. The van der Waals surface area contributed by atoms with E-state index in [1.807, 2.05) is 19.1 Å². The highest BCUT2D eigenvalue weighted by atomic mass is 32.2. The van der Waals surface area contributed by atoms with Crippen molar-refractivity contribution in [2.24, 2.45) is 11.1 Å². The van der Waals surface area contributed by atoms with E-state index < -0.39 is 20.5 Å². The van der Waals surface area contributed by atoms with Crippen LogP contribution in [0.5, 0.6) is 0 Å². The van der Waals surface area contributed by atoms with Gasteiger partial charge in [0.1, 0.15) is 0 Å². The second kappa shape index (κ2) is 6.69. The SMILES string of the molecule is CCOCC1(CN)C(c2ccc(CC)cc2)C1S(=O)(=O)CC. The first-order chi connectivity index (χ1) is 10.5. The van der Waals surface area contributed by atoms with Crippen molar-refractivity contribution in [3.8, 4) is 0 Å². The van der Waals surface area contributed by atoms with Gasteiger partial charge in [0.05, 0.1) is 11.9 Å². The third kappa shape index (κ3) is 2.94. The van der Waals surface area contributed by atoms with Gasteiger partial charge in [-0.05, 0) is 24.5 Å². The molecule has 3 atom stereocenters. The summed E-state index contributed by atoms with van der Waals surface area (Å²) in [6.45, 7) is 7.03. The lowest BCUT2D eigenvalue weighted by molar-refractivity contribution is 0.101. The Bertz CT molecular complexity index is 597. The molecular formula is C17H27NO3S. The zero-order valence-electron chi connectivity index (χ0n) is 13.7. The fraction of sp³-hybridized carbons (Fsp3) is 0.647. The summed E-state index contributed by atoms with van der Waals surface area (Å²) < 4.78 is 30.6. The van der Waals surface area contributed by atoms with E-state index in [0.717, 1.165) is 12.0 Å². The van der Waals surface area contributed by atoms with Gasteiger partial charge in [0.15, 0.2) is 9.84 Å². The average molecular weight is 325 g/mol. The summed E-state index contributed by atoms with van der Waals surface area (Å²) in [5, 5.41) is -0.422. The van der Waals surface area contributed by atoms with Gasteiger partial charge in [-0.1, -0.05) is 38.1 Å². The molecule has 0 bridgehead atoms. The minimum Gasteiger partial charge on any atom is -0.381 e. The molecule has 2 N–H and O–H groups in total. The Morgan fingerprint density at radius 1 is 1.18 bits per heavy atom. The highest BCUT2D eigenvalue weighted by Crippen LogP contribution is 2.62. The molecule has 2 rings (SSSR count). The molecule has 124 valence electrons. The normalized spacial score (nSPS) is 27.8. The van der Waals surface area contributed by atoms with Crippen LogP contribution in [0, 0.1) is 5.41 Å². The van der Waals surface area contributed by atoms with E-state index >= 15 is 0 Å². The fourth-order valence-electron chi connectivity index (χ4n) is 3.43. The zero-order chi connectivity index (χ0) is 16.4. The number of ether oxygens (including phenoxy) is 1. The van der Waals surface area contributed by atoms with Gasteiger partial charge in [0.2, 0.25) is 0 Å². The van der Waals surface area contributed by atoms with Gasteiger partial charge < -0.3 is 10.5 Å². The molecular weight excluding hydrogens is 298 g/mol. The highest BCUT2D eigenvalue weighted by molar-refractivity contribution is 7.92. The standard InChI is InChI=1S/C17H27NO3S/c1-4-13-7-9-14(10-8-13)15-16(22(19,20)6-3)17(15,11-18)12-21-5-2/h7-10,15-16H,4-6,11-12,18H2,1-3H3. The number of rotatable bonds is 8. The van der Waals surface area contributed by atoms with Crippen LogP contribution in [0.1, 0.15) is 37.8 Å². The molecule has 22 heavy (non-hydrogen) atoms. The molecule has 1 aromatic rings.